The summed E-state index contributed by atoms with van der Waals surface area (Å²) in [6.07, 6.45) is 0.871. The monoisotopic (exact) mass is 208 g/mol. The van der Waals surface area contributed by atoms with Crippen LogP contribution >= 0.6 is 0 Å². The van der Waals surface area contributed by atoms with E-state index in [9.17, 15) is 4.79 Å². The highest BCUT2D eigenvalue weighted by Gasteiger charge is 2.10. The molecule has 3 nitrogen and oxygen atoms in total. The molecule has 0 fully saturated rings. The fraction of sp³-hybridized carbons (Fsp3) is 0.667. The van der Waals surface area contributed by atoms with Gasteiger partial charge in [0.25, 0.3) is 5.56 Å². The van der Waals surface area contributed by atoms with E-state index in [2.05, 4.69) is 23.8 Å². The molecular weight excluding hydrogens is 188 g/mol. The van der Waals surface area contributed by atoms with Crippen LogP contribution in [0.2, 0.25) is 0 Å². The molecule has 0 aliphatic carbocycles. The lowest BCUT2D eigenvalue weighted by Crippen LogP contribution is -2.19. The predicted molar refractivity (Wildman–Crippen MR) is 62.2 cm³/mol. The number of nitrogens with one attached hydrogen (secondary N) is 1. The molecule has 0 unspecified atom stereocenters. The van der Waals surface area contributed by atoms with Crippen molar-refractivity contribution >= 4 is 0 Å². The Hall–Kier alpha value is -1.12. The van der Waals surface area contributed by atoms with Crippen LogP contribution < -0.4 is 5.56 Å². The van der Waals surface area contributed by atoms with Crippen molar-refractivity contribution < 1.29 is 0 Å². The van der Waals surface area contributed by atoms with Gasteiger partial charge in [0.05, 0.1) is 5.69 Å². The Bertz CT molecular complexity index is 391. The zero-order valence-electron chi connectivity index (χ0n) is 10.2. The molecule has 0 spiro atoms. The lowest BCUT2D eigenvalue weighted by molar-refractivity contribution is 0.619. The molecule has 0 aliphatic rings. The van der Waals surface area contributed by atoms with E-state index in [0.29, 0.717) is 5.92 Å². The van der Waals surface area contributed by atoms with E-state index >= 15 is 0 Å². The number of hydrogen-bond donors (Lipinski definition) is 1. The highest BCUT2D eigenvalue weighted by atomic mass is 16.1. The van der Waals surface area contributed by atoms with Crippen molar-refractivity contribution in [3.05, 3.63) is 27.4 Å². The van der Waals surface area contributed by atoms with Crippen molar-refractivity contribution in [2.24, 2.45) is 5.92 Å². The van der Waals surface area contributed by atoms with E-state index < -0.39 is 0 Å². The molecule has 1 N–H and O–H groups in total. The average Bonchev–Trinajstić information content (AvgIpc) is 2.11. The van der Waals surface area contributed by atoms with E-state index in [1.54, 1.807) is 0 Å². The molecule has 1 rings (SSSR count). The molecule has 3 heteroatoms. The summed E-state index contributed by atoms with van der Waals surface area (Å²) in [7, 11) is 0. The third kappa shape index (κ3) is 2.91. The van der Waals surface area contributed by atoms with Gasteiger partial charge in [0.1, 0.15) is 5.82 Å². The number of H-pyrrole nitrogens is 1. The van der Waals surface area contributed by atoms with Crippen molar-refractivity contribution in [1.29, 1.82) is 0 Å². The molecule has 0 radical (unpaired) electrons. The van der Waals surface area contributed by atoms with Crippen LogP contribution in [0, 0.1) is 12.8 Å². The summed E-state index contributed by atoms with van der Waals surface area (Å²) in [4.78, 5) is 19.0. The van der Waals surface area contributed by atoms with Gasteiger partial charge in [-0.2, -0.15) is 0 Å². The summed E-state index contributed by atoms with van der Waals surface area (Å²) in [6, 6.07) is 0. The summed E-state index contributed by atoms with van der Waals surface area (Å²) in [5, 5.41) is 0. The first-order valence-corrected chi connectivity index (χ1v) is 5.51. The predicted octanol–water partition coefficient (Wildman–Crippen LogP) is 2.40. The minimum absolute atomic E-state index is 0.00403. The maximum Gasteiger partial charge on any atom is 0.254 e. The Morgan fingerprint density at radius 1 is 1.27 bits per heavy atom. The summed E-state index contributed by atoms with van der Waals surface area (Å²) < 4.78 is 0. The lowest BCUT2D eigenvalue weighted by Gasteiger charge is -2.11. The van der Waals surface area contributed by atoms with E-state index in [1.165, 1.54) is 0 Å². The minimum Gasteiger partial charge on any atom is -0.310 e. The molecule has 1 aromatic heterocycles. The SMILES string of the molecule is Cc1c(CC(C)C)nc(C(C)C)[nH]c1=O. The van der Waals surface area contributed by atoms with Crippen molar-refractivity contribution in [2.75, 3.05) is 0 Å². The zero-order chi connectivity index (χ0) is 11.6. The minimum atomic E-state index is 0.00403. The van der Waals surface area contributed by atoms with Crippen LogP contribution in [0.3, 0.4) is 0 Å². The molecule has 1 heterocycles. The van der Waals surface area contributed by atoms with Gasteiger partial charge in [-0.05, 0) is 19.3 Å². The van der Waals surface area contributed by atoms with Gasteiger partial charge in [-0.1, -0.05) is 27.7 Å². The summed E-state index contributed by atoms with van der Waals surface area (Å²) >= 11 is 0. The van der Waals surface area contributed by atoms with Crippen LogP contribution in [-0.2, 0) is 6.42 Å². The normalized spacial score (nSPS) is 11.4. The second-order valence-corrected chi connectivity index (χ2v) is 4.78. The Morgan fingerprint density at radius 3 is 2.33 bits per heavy atom. The molecule has 84 valence electrons. The second kappa shape index (κ2) is 4.60. The van der Waals surface area contributed by atoms with Crippen molar-refractivity contribution in [3.8, 4) is 0 Å². The molecule has 0 aromatic carbocycles. The van der Waals surface area contributed by atoms with Gasteiger partial charge in [-0.15, -0.1) is 0 Å². The zero-order valence-corrected chi connectivity index (χ0v) is 10.2. The Kier molecular flexibility index (Phi) is 3.66. The molecule has 1 aromatic rings. The van der Waals surface area contributed by atoms with Gasteiger partial charge in [-0.25, -0.2) is 4.98 Å². The van der Waals surface area contributed by atoms with Crippen molar-refractivity contribution in [1.82, 2.24) is 9.97 Å². The van der Waals surface area contributed by atoms with E-state index in [1.807, 2.05) is 20.8 Å². The van der Waals surface area contributed by atoms with Gasteiger partial charge in [0.15, 0.2) is 0 Å². The highest BCUT2D eigenvalue weighted by Crippen LogP contribution is 2.12. The van der Waals surface area contributed by atoms with E-state index in [-0.39, 0.29) is 11.5 Å². The largest absolute Gasteiger partial charge is 0.310 e. The number of hydrogen-bond acceptors (Lipinski definition) is 2. The first kappa shape index (κ1) is 12.0. The Balaban J connectivity index is 3.19. The fourth-order valence-electron chi connectivity index (χ4n) is 1.46. The Labute approximate surface area is 91.0 Å². The van der Waals surface area contributed by atoms with Crippen LogP contribution in [0.4, 0.5) is 0 Å². The van der Waals surface area contributed by atoms with E-state index in [0.717, 1.165) is 23.5 Å². The smallest absolute Gasteiger partial charge is 0.254 e. The van der Waals surface area contributed by atoms with Gasteiger partial charge in [0, 0.05) is 11.5 Å². The molecule has 0 atom stereocenters. The first-order valence-electron chi connectivity index (χ1n) is 5.51. The number of aromatic nitrogens is 2. The second-order valence-electron chi connectivity index (χ2n) is 4.78. The molecular formula is C12H20N2O. The fourth-order valence-corrected chi connectivity index (χ4v) is 1.46. The quantitative estimate of drug-likeness (QED) is 0.829. The maximum absolute atomic E-state index is 11.7. The Morgan fingerprint density at radius 2 is 1.87 bits per heavy atom. The molecule has 0 saturated heterocycles. The highest BCUT2D eigenvalue weighted by molar-refractivity contribution is 5.17. The summed E-state index contributed by atoms with van der Waals surface area (Å²) in [5.74, 6) is 1.59. The topological polar surface area (TPSA) is 45.8 Å². The first-order chi connectivity index (χ1) is 6.91. The number of rotatable bonds is 3. The van der Waals surface area contributed by atoms with Crippen LogP contribution in [0.25, 0.3) is 0 Å². The maximum atomic E-state index is 11.7. The third-order valence-electron chi connectivity index (χ3n) is 2.42. The molecule has 0 aliphatic heterocycles. The van der Waals surface area contributed by atoms with Gasteiger partial charge < -0.3 is 4.98 Å². The molecule has 15 heavy (non-hydrogen) atoms. The summed E-state index contributed by atoms with van der Waals surface area (Å²) in [6.45, 7) is 10.2. The van der Waals surface area contributed by atoms with Crippen LogP contribution in [-0.4, -0.2) is 9.97 Å². The third-order valence-corrected chi connectivity index (χ3v) is 2.42. The lowest BCUT2D eigenvalue weighted by atomic mass is 10.0. The van der Waals surface area contributed by atoms with Gasteiger partial charge >= 0.3 is 0 Å². The molecule has 0 bridgehead atoms. The number of aromatic amines is 1. The van der Waals surface area contributed by atoms with E-state index in [4.69, 9.17) is 0 Å². The van der Waals surface area contributed by atoms with Gasteiger partial charge in [-0.3, -0.25) is 4.79 Å². The summed E-state index contributed by atoms with van der Waals surface area (Å²) in [5.41, 5.74) is 1.70. The molecule has 0 saturated carbocycles. The van der Waals surface area contributed by atoms with Crippen LogP contribution in [0.5, 0.6) is 0 Å². The number of nitrogens with zero attached hydrogens (tertiary/aromatic N) is 1. The van der Waals surface area contributed by atoms with Crippen LogP contribution in [0.15, 0.2) is 4.79 Å². The molecule has 0 amide bonds. The average molecular weight is 208 g/mol. The van der Waals surface area contributed by atoms with Crippen LogP contribution in [0.1, 0.15) is 50.7 Å². The van der Waals surface area contributed by atoms with Crippen molar-refractivity contribution in [2.45, 2.75) is 47.0 Å². The van der Waals surface area contributed by atoms with Gasteiger partial charge in [0.2, 0.25) is 0 Å². The van der Waals surface area contributed by atoms with Crippen molar-refractivity contribution in [3.63, 3.8) is 0 Å². The standard InChI is InChI=1S/C12H20N2O/c1-7(2)6-10-9(5)12(15)14-11(13-10)8(3)4/h7-8H,6H2,1-5H3,(H,13,14,15).